The number of aromatic nitrogens is 1. The molecule has 6 nitrogen and oxygen atoms in total. The molecule has 0 spiro atoms. The summed E-state index contributed by atoms with van der Waals surface area (Å²) in [6.07, 6.45) is 1.73. The number of aliphatic hydroxyl groups is 1. The summed E-state index contributed by atoms with van der Waals surface area (Å²) in [6, 6.07) is 9.87. The first kappa shape index (κ1) is 14.7. The minimum Gasteiger partial charge on any atom is -0.390 e. The number of aliphatic hydroxyl groups excluding tert-OH is 1. The normalized spacial score (nSPS) is 16.0. The highest BCUT2D eigenvalue weighted by molar-refractivity contribution is 5.91. The average Bonchev–Trinajstić information content (AvgIpc) is 3.07. The molecule has 116 valence electrons. The number of nitrogens with zero attached hydrogens (tertiary/aromatic N) is 2. The van der Waals surface area contributed by atoms with Crippen LogP contribution in [0.4, 0.5) is 0 Å². The molecular weight excluding hydrogens is 282 g/mol. The van der Waals surface area contributed by atoms with Crippen molar-refractivity contribution in [2.45, 2.75) is 19.1 Å². The third-order valence-electron chi connectivity index (χ3n) is 3.85. The van der Waals surface area contributed by atoms with E-state index in [0.717, 1.165) is 19.5 Å². The summed E-state index contributed by atoms with van der Waals surface area (Å²) in [4.78, 5) is 13.9. The maximum absolute atomic E-state index is 11.7. The van der Waals surface area contributed by atoms with Crippen LogP contribution in [-0.4, -0.2) is 46.8 Å². The molecule has 1 aliphatic rings. The molecule has 1 aromatic carbocycles. The number of carbonyl (C=O) groups is 1. The molecule has 0 aliphatic carbocycles. The number of benzene rings is 1. The standard InChI is InChI=1S/C16H19N3O3/c20-14(9-17-16(21)15-6-8-22-18-15)11-19-7-5-12-3-1-2-4-13(12)10-19/h1-4,6,8,14,20H,5,7,9-11H2,(H,17,21). The largest absolute Gasteiger partial charge is 0.390 e. The van der Waals surface area contributed by atoms with E-state index in [9.17, 15) is 9.90 Å². The lowest BCUT2D eigenvalue weighted by molar-refractivity contribution is 0.0835. The van der Waals surface area contributed by atoms with Gasteiger partial charge in [0.2, 0.25) is 0 Å². The van der Waals surface area contributed by atoms with E-state index in [4.69, 9.17) is 0 Å². The molecule has 1 unspecified atom stereocenters. The van der Waals surface area contributed by atoms with Crippen molar-refractivity contribution in [2.75, 3.05) is 19.6 Å². The quantitative estimate of drug-likeness (QED) is 0.855. The molecule has 2 N–H and O–H groups in total. The van der Waals surface area contributed by atoms with Crippen molar-refractivity contribution in [1.82, 2.24) is 15.4 Å². The fourth-order valence-corrected chi connectivity index (χ4v) is 2.70. The molecule has 1 aliphatic heterocycles. The van der Waals surface area contributed by atoms with Gasteiger partial charge >= 0.3 is 0 Å². The van der Waals surface area contributed by atoms with Crippen LogP contribution in [-0.2, 0) is 13.0 Å². The number of amides is 1. The van der Waals surface area contributed by atoms with E-state index in [2.05, 4.69) is 38.1 Å². The predicted octanol–water partition coefficient (Wildman–Crippen LogP) is 0.824. The van der Waals surface area contributed by atoms with Crippen LogP contribution in [0.15, 0.2) is 41.1 Å². The molecule has 0 saturated heterocycles. The first-order chi connectivity index (χ1) is 10.7. The average molecular weight is 301 g/mol. The first-order valence-corrected chi connectivity index (χ1v) is 7.38. The Kier molecular flexibility index (Phi) is 4.50. The van der Waals surface area contributed by atoms with Gasteiger partial charge in [-0.15, -0.1) is 0 Å². The number of carbonyl (C=O) groups excluding carboxylic acids is 1. The van der Waals surface area contributed by atoms with Gasteiger partial charge in [0.05, 0.1) is 6.10 Å². The number of nitrogens with one attached hydrogen (secondary N) is 1. The maximum Gasteiger partial charge on any atom is 0.273 e. The minimum absolute atomic E-state index is 0.198. The molecule has 2 heterocycles. The molecule has 1 atom stereocenters. The van der Waals surface area contributed by atoms with Gasteiger partial charge in [-0.2, -0.15) is 0 Å². The second-order valence-electron chi connectivity index (χ2n) is 5.50. The molecule has 3 rings (SSSR count). The Morgan fingerprint density at radius 3 is 2.95 bits per heavy atom. The van der Waals surface area contributed by atoms with Crippen LogP contribution in [0.2, 0.25) is 0 Å². The summed E-state index contributed by atoms with van der Waals surface area (Å²) >= 11 is 0. The van der Waals surface area contributed by atoms with Gasteiger partial charge in [-0.3, -0.25) is 9.69 Å². The van der Waals surface area contributed by atoms with Gasteiger partial charge in [0, 0.05) is 32.2 Å². The summed E-state index contributed by atoms with van der Waals surface area (Å²) in [7, 11) is 0. The monoisotopic (exact) mass is 301 g/mol. The van der Waals surface area contributed by atoms with Gasteiger partial charge in [0.1, 0.15) is 6.26 Å². The topological polar surface area (TPSA) is 78.6 Å². The number of hydrogen-bond acceptors (Lipinski definition) is 5. The summed E-state index contributed by atoms with van der Waals surface area (Å²) < 4.78 is 4.62. The first-order valence-electron chi connectivity index (χ1n) is 7.38. The van der Waals surface area contributed by atoms with E-state index in [0.29, 0.717) is 6.54 Å². The smallest absolute Gasteiger partial charge is 0.273 e. The Morgan fingerprint density at radius 1 is 1.36 bits per heavy atom. The molecule has 1 aromatic heterocycles. The molecule has 1 amide bonds. The van der Waals surface area contributed by atoms with Crippen molar-refractivity contribution in [2.24, 2.45) is 0 Å². The lowest BCUT2D eigenvalue weighted by Crippen LogP contribution is -2.42. The number of fused-ring (bicyclic) bond motifs is 1. The van der Waals surface area contributed by atoms with E-state index in [1.54, 1.807) is 0 Å². The van der Waals surface area contributed by atoms with E-state index < -0.39 is 6.10 Å². The number of hydrogen-bond donors (Lipinski definition) is 2. The van der Waals surface area contributed by atoms with E-state index in [1.165, 1.54) is 23.5 Å². The summed E-state index contributed by atoms with van der Waals surface area (Å²) in [5.41, 5.74) is 2.92. The zero-order chi connectivity index (χ0) is 15.4. The third-order valence-corrected chi connectivity index (χ3v) is 3.85. The Hall–Kier alpha value is -2.18. The van der Waals surface area contributed by atoms with Crippen LogP contribution < -0.4 is 5.32 Å². The summed E-state index contributed by atoms with van der Waals surface area (Å²) in [5.74, 6) is -0.336. The second-order valence-corrected chi connectivity index (χ2v) is 5.50. The minimum atomic E-state index is -0.610. The number of rotatable bonds is 5. The predicted molar refractivity (Wildman–Crippen MR) is 80.3 cm³/mol. The number of β-amino-alcohol motifs (C(OH)–C–C–N with tert-alkyl or cyclic N) is 1. The summed E-state index contributed by atoms with van der Waals surface area (Å²) in [6.45, 7) is 2.49. The van der Waals surface area contributed by atoms with Crippen LogP contribution in [0.3, 0.4) is 0 Å². The highest BCUT2D eigenvalue weighted by Gasteiger charge is 2.19. The van der Waals surface area contributed by atoms with Gasteiger partial charge in [0.25, 0.3) is 5.91 Å². The maximum atomic E-state index is 11.7. The Labute approximate surface area is 128 Å². The molecule has 0 saturated carbocycles. The fraction of sp³-hybridized carbons (Fsp3) is 0.375. The fourth-order valence-electron chi connectivity index (χ4n) is 2.70. The van der Waals surface area contributed by atoms with E-state index >= 15 is 0 Å². The molecular formula is C16H19N3O3. The molecule has 0 bridgehead atoms. The third kappa shape index (κ3) is 3.52. The second kappa shape index (κ2) is 6.72. The van der Waals surface area contributed by atoms with Gasteiger partial charge in [-0.25, -0.2) is 0 Å². The van der Waals surface area contributed by atoms with E-state index in [1.807, 2.05) is 6.07 Å². The van der Waals surface area contributed by atoms with Crippen molar-refractivity contribution in [3.05, 3.63) is 53.4 Å². The lowest BCUT2D eigenvalue weighted by Gasteiger charge is -2.30. The lowest BCUT2D eigenvalue weighted by atomic mass is 10.00. The van der Waals surface area contributed by atoms with Crippen LogP contribution in [0, 0.1) is 0 Å². The van der Waals surface area contributed by atoms with Crippen molar-refractivity contribution >= 4 is 5.91 Å². The van der Waals surface area contributed by atoms with Gasteiger partial charge in [-0.05, 0) is 17.5 Å². The highest BCUT2D eigenvalue weighted by Crippen LogP contribution is 2.18. The van der Waals surface area contributed by atoms with Crippen molar-refractivity contribution < 1.29 is 14.4 Å². The molecule has 0 fully saturated rings. The Bertz CT molecular complexity index is 627. The Morgan fingerprint density at radius 2 is 2.18 bits per heavy atom. The zero-order valence-electron chi connectivity index (χ0n) is 12.2. The van der Waals surface area contributed by atoms with Gasteiger partial charge in [-0.1, -0.05) is 29.4 Å². The van der Waals surface area contributed by atoms with Crippen LogP contribution in [0.5, 0.6) is 0 Å². The SMILES string of the molecule is O=C(NCC(O)CN1CCc2ccccc2C1)c1ccon1. The van der Waals surface area contributed by atoms with Crippen LogP contribution in [0.1, 0.15) is 21.6 Å². The van der Waals surface area contributed by atoms with Gasteiger partial charge < -0.3 is 14.9 Å². The van der Waals surface area contributed by atoms with E-state index in [-0.39, 0.29) is 18.1 Å². The van der Waals surface area contributed by atoms with Crippen molar-refractivity contribution in [1.29, 1.82) is 0 Å². The van der Waals surface area contributed by atoms with Crippen LogP contribution >= 0.6 is 0 Å². The van der Waals surface area contributed by atoms with Crippen molar-refractivity contribution in [3.8, 4) is 0 Å². The molecule has 2 aromatic rings. The highest BCUT2D eigenvalue weighted by atomic mass is 16.5. The zero-order valence-corrected chi connectivity index (χ0v) is 12.2. The van der Waals surface area contributed by atoms with Crippen molar-refractivity contribution in [3.63, 3.8) is 0 Å². The van der Waals surface area contributed by atoms with Crippen LogP contribution in [0.25, 0.3) is 0 Å². The molecule has 0 radical (unpaired) electrons. The summed E-state index contributed by atoms with van der Waals surface area (Å²) in [5, 5.41) is 16.3. The molecule has 22 heavy (non-hydrogen) atoms. The van der Waals surface area contributed by atoms with Gasteiger partial charge in [0.15, 0.2) is 5.69 Å². The molecule has 6 heteroatoms. The Balaban J connectivity index is 1.46.